The Bertz CT molecular complexity index is 997. The molecule has 0 amide bonds. The molecule has 0 unspecified atom stereocenters. The quantitative estimate of drug-likeness (QED) is 0.699. The molecule has 0 aliphatic heterocycles. The highest BCUT2D eigenvalue weighted by Gasteiger charge is 2.29. The number of nitrogens with zero attached hydrogens (tertiary/aromatic N) is 3. The summed E-state index contributed by atoms with van der Waals surface area (Å²) >= 11 is 0. The molecule has 2 aromatic carbocycles. The number of rotatable bonds is 5. The van der Waals surface area contributed by atoms with Gasteiger partial charge in [-0.2, -0.15) is 4.31 Å². The van der Waals surface area contributed by atoms with E-state index in [-0.39, 0.29) is 10.7 Å². The Morgan fingerprint density at radius 2 is 1.88 bits per heavy atom. The second-order valence-corrected chi connectivity index (χ2v) is 7.83. The molecule has 132 valence electrons. The van der Waals surface area contributed by atoms with Crippen LogP contribution in [0.2, 0.25) is 0 Å². The maximum absolute atomic E-state index is 13.1. The Hall–Kier alpha value is -2.25. The summed E-state index contributed by atoms with van der Waals surface area (Å²) in [6, 6.07) is 10.4. The smallest absolute Gasteiger partial charge is 0.243 e. The minimum Gasteiger partial charge on any atom is -0.334 e. The number of aryl methyl sites for hydroxylation is 1. The molecule has 1 atom stereocenters. The first-order valence-corrected chi connectivity index (χ1v) is 9.47. The van der Waals surface area contributed by atoms with E-state index in [1.54, 1.807) is 55.1 Å². The van der Waals surface area contributed by atoms with E-state index in [2.05, 4.69) is 4.98 Å². The standard InChI is InChI=1S/C18H20FN3O2S/c1-4-22(13(2)14-5-7-15(19)8-6-14)25(23,24)16-9-10-17-18(11-16)21(3)12-20-17/h5-13H,4H2,1-3H3/t13-/m0/s1. The summed E-state index contributed by atoms with van der Waals surface area (Å²) in [5, 5.41) is 0. The SMILES string of the molecule is CCN([C@@H](C)c1ccc(F)cc1)S(=O)(=O)c1ccc2ncn(C)c2c1. The van der Waals surface area contributed by atoms with E-state index in [0.717, 1.165) is 16.6 Å². The molecule has 0 radical (unpaired) electrons. The average molecular weight is 361 g/mol. The molecule has 0 bridgehead atoms. The van der Waals surface area contributed by atoms with Crippen LogP contribution in [0.25, 0.3) is 11.0 Å². The van der Waals surface area contributed by atoms with E-state index in [4.69, 9.17) is 0 Å². The third-order valence-electron chi connectivity index (χ3n) is 4.40. The molecule has 25 heavy (non-hydrogen) atoms. The van der Waals surface area contributed by atoms with Crippen LogP contribution in [0.15, 0.2) is 53.7 Å². The zero-order valence-corrected chi connectivity index (χ0v) is 15.2. The van der Waals surface area contributed by atoms with Crippen molar-refractivity contribution in [2.75, 3.05) is 6.54 Å². The van der Waals surface area contributed by atoms with Gasteiger partial charge in [0, 0.05) is 19.6 Å². The minimum absolute atomic E-state index is 0.222. The van der Waals surface area contributed by atoms with Crippen molar-refractivity contribution in [2.24, 2.45) is 7.05 Å². The van der Waals surface area contributed by atoms with E-state index >= 15 is 0 Å². The van der Waals surface area contributed by atoms with Crippen LogP contribution < -0.4 is 0 Å². The maximum Gasteiger partial charge on any atom is 0.243 e. The molecule has 5 nitrogen and oxygen atoms in total. The lowest BCUT2D eigenvalue weighted by Crippen LogP contribution is -2.33. The zero-order chi connectivity index (χ0) is 18.2. The lowest BCUT2D eigenvalue weighted by Gasteiger charge is -2.27. The van der Waals surface area contributed by atoms with Crippen LogP contribution >= 0.6 is 0 Å². The third-order valence-corrected chi connectivity index (χ3v) is 6.44. The highest BCUT2D eigenvalue weighted by atomic mass is 32.2. The van der Waals surface area contributed by atoms with Gasteiger partial charge in [-0.05, 0) is 42.8 Å². The lowest BCUT2D eigenvalue weighted by atomic mass is 10.1. The predicted molar refractivity (Wildman–Crippen MR) is 95.1 cm³/mol. The molecule has 0 saturated carbocycles. The van der Waals surface area contributed by atoms with Gasteiger partial charge in [-0.25, -0.2) is 17.8 Å². The second kappa shape index (κ2) is 6.57. The van der Waals surface area contributed by atoms with Gasteiger partial charge in [0.05, 0.1) is 22.3 Å². The molecular weight excluding hydrogens is 341 g/mol. The van der Waals surface area contributed by atoms with Crippen LogP contribution in [0, 0.1) is 5.82 Å². The van der Waals surface area contributed by atoms with Gasteiger partial charge in [-0.3, -0.25) is 0 Å². The van der Waals surface area contributed by atoms with Crippen molar-refractivity contribution >= 4 is 21.1 Å². The topological polar surface area (TPSA) is 55.2 Å². The molecule has 0 aliphatic carbocycles. The van der Waals surface area contributed by atoms with Gasteiger partial charge in [0.2, 0.25) is 10.0 Å². The molecule has 0 aliphatic rings. The second-order valence-electron chi connectivity index (χ2n) is 5.94. The van der Waals surface area contributed by atoms with Crippen molar-refractivity contribution in [1.82, 2.24) is 13.9 Å². The zero-order valence-electron chi connectivity index (χ0n) is 14.3. The van der Waals surface area contributed by atoms with Crippen LogP contribution in [-0.2, 0) is 17.1 Å². The minimum atomic E-state index is -3.70. The summed E-state index contributed by atoms with van der Waals surface area (Å²) in [6.07, 6.45) is 1.65. The summed E-state index contributed by atoms with van der Waals surface area (Å²) in [7, 11) is -1.87. The lowest BCUT2D eigenvalue weighted by molar-refractivity contribution is 0.357. The van der Waals surface area contributed by atoms with Crippen LogP contribution in [0.3, 0.4) is 0 Å². The van der Waals surface area contributed by atoms with Crippen LogP contribution in [0.4, 0.5) is 4.39 Å². The van der Waals surface area contributed by atoms with Gasteiger partial charge < -0.3 is 4.57 Å². The van der Waals surface area contributed by atoms with E-state index in [1.807, 2.05) is 7.05 Å². The predicted octanol–water partition coefficient (Wildman–Crippen LogP) is 3.48. The summed E-state index contributed by atoms with van der Waals surface area (Å²) < 4.78 is 42.6. The maximum atomic E-state index is 13.1. The number of hydrogen-bond donors (Lipinski definition) is 0. The van der Waals surface area contributed by atoms with Crippen molar-refractivity contribution in [1.29, 1.82) is 0 Å². The fourth-order valence-corrected chi connectivity index (χ4v) is 4.61. The van der Waals surface area contributed by atoms with Gasteiger partial charge >= 0.3 is 0 Å². The van der Waals surface area contributed by atoms with Crippen LogP contribution in [0.5, 0.6) is 0 Å². The fourth-order valence-electron chi connectivity index (χ4n) is 2.96. The number of fused-ring (bicyclic) bond motifs is 1. The van der Waals surface area contributed by atoms with E-state index < -0.39 is 16.1 Å². The number of halogens is 1. The van der Waals surface area contributed by atoms with Gasteiger partial charge in [0.25, 0.3) is 0 Å². The molecule has 7 heteroatoms. The molecule has 0 fully saturated rings. The van der Waals surface area contributed by atoms with Crippen molar-refractivity contribution in [3.05, 3.63) is 60.2 Å². The third kappa shape index (κ3) is 3.17. The van der Waals surface area contributed by atoms with Gasteiger partial charge in [-0.15, -0.1) is 0 Å². The van der Waals surface area contributed by atoms with Crippen molar-refractivity contribution in [3.63, 3.8) is 0 Å². The Kier molecular flexibility index (Phi) is 4.62. The van der Waals surface area contributed by atoms with Crippen molar-refractivity contribution in [3.8, 4) is 0 Å². The monoisotopic (exact) mass is 361 g/mol. The first kappa shape index (κ1) is 17.6. The highest BCUT2D eigenvalue weighted by molar-refractivity contribution is 7.89. The summed E-state index contributed by atoms with van der Waals surface area (Å²) in [5.74, 6) is -0.344. The largest absolute Gasteiger partial charge is 0.334 e. The van der Waals surface area contributed by atoms with E-state index in [9.17, 15) is 12.8 Å². The van der Waals surface area contributed by atoms with E-state index in [1.165, 1.54) is 16.4 Å². The van der Waals surface area contributed by atoms with Crippen molar-refractivity contribution < 1.29 is 12.8 Å². The number of sulfonamides is 1. The van der Waals surface area contributed by atoms with Crippen molar-refractivity contribution in [2.45, 2.75) is 24.8 Å². The molecule has 3 aromatic rings. The Labute approximate surface area is 146 Å². The Morgan fingerprint density at radius 1 is 1.20 bits per heavy atom. The van der Waals surface area contributed by atoms with E-state index in [0.29, 0.717) is 6.54 Å². The fraction of sp³-hybridized carbons (Fsp3) is 0.278. The Balaban J connectivity index is 2.02. The highest BCUT2D eigenvalue weighted by Crippen LogP contribution is 2.28. The molecule has 0 saturated heterocycles. The Morgan fingerprint density at radius 3 is 2.52 bits per heavy atom. The number of aromatic nitrogens is 2. The van der Waals surface area contributed by atoms with Gasteiger partial charge in [0.15, 0.2) is 0 Å². The molecule has 1 heterocycles. The first-order chi connectivity index (χ1) is 11.8. The molecule has 0 N–H and O–H groups in total. The van der Waals surface area contributed by atoms with Gasteiger partial charge in [0.1, 0.15) is 5.82 Å². The first-order valence-electron chi connectivity index (χ1n) is 8.03. The normalized spacial score (nSPS) is 13.5. The number of hydrogen-bond acceptors (Lipinski definition) is 3. The molecule has 0 spiro atoms. The summed E-state index contributed by atoms with van der Waals surface area (Å²) in [4.78, 5) is 4.44. The number of imidazole rings is 1. The van der Waals surface area contributed by atoms with Gasteiger partial charge in [-0.1, -0.05) is 19.1 Å². The number of benzene rings is 2. The van der Waals surface area contributed by atoms with Crippen LogP contribution in [-0.4, -0.2) is 28.8 Å². The summed E-state index contributed by atoms with van der Waals surface area (Å²) in [6.45, 7) is 3.90. The molecular formula is C18H20FN3O2S. The average Bonchev–Trinajstić information content (AvgIpc) is 2.96. The van der Waals surface area contributed by atoms with Crippen LogP contribution in [0.1, 0.15) is 25.5 Å². The molecule has 3 rings (SSSR count). The molecule has 1 aromatic heterocycles. The summed E-state index contributed by atoms with van der Waals surface area (Å²) in [5.41, 5.74) is 2.25.